The van der Waals surface area contributed by atoms with E-state index >= 15 is 0 Å². The van der Waals surface area contributed by atoms with Crippen LogP contribution >= 0.6 is 11.8 Å². The van der Waals surface area contributed by atoms with Crippen molar-refractivity contribution in [3.63, 3.8) is 0 Å². The molecule has 2 rings (SSSR count). The van der Waals surface area contributed by atoms with Gasteiger partial charge >= 0.3 is 0 Å². The minimum atomic E-state index is -3.04. The highest BCUT2D eigenvalue weighted by Crippen LogP contribution is 2.40. The van der Waals surface area contributed by atoms with E-state index in [9.17, 15) is 8.42 Å². The fourth-order valence-electron chi connectivity index (χ4n) is 3.85. The molecule has 1 saturated carbocycles. The Balaban J connectivity index is 2.22. The van der Waals surface area contributed by atoms with Crippen LogP contribution in [0.4, 0.5) is 0 Å². The summed E-state index contributed by atoms with van der Waals surface area (Å²) in [6.07, 6.45) is 5.73. The summed E-state index contributed by atoms with van der Waals surface area (Å²) in [6.45, 7) is 5.46. The van der Waals surface area contributed by atoms with E-state index in [4.69, 9.17) is 5.73 Å². The van der Waals surface area contributed by atoms with Crippen molar-refractivity contribution >= 4 is 21.6 Å². The van der Waals surface area contributed by atoms with Crippen molar-refractivity contribution < 1.29 is 8.42 Å². The molecule has 0 amide bonds. The van der Waals surface area contributed by atoms with Crippen LogP contribution in [0.5, 0.6) is 0 Å². The molecule has 1 atom stereocenters. The van der Waals surface area contributed by atoms with Crippen molar-refractivity contribution in [1.29, 1.82) is 0 Å². The molecule has 21 heavy (non-hydrogen) atoms. The molecule has 0 radical (unpaired) electrons. The molecular weight excluding hydrogens is 304 g/mol. The van der Waals surface area contributed by atoms with Crippen molar-refractivity contribution in [1.82, 2.24) is 4.90 Å². The normalized spacial score (nSPS) is 35.8. The molecule has 1 saturated heterocycles. The molecule has 0 aromatic rings. The zero-order valence-corrected chi connectivity index (χ0v) is 15.0. The number of nitrogens with two attached hydrogens (primary N) is 1. The molecule has 2 aliphatic rings. The molecule has 0 spiro atoms. The fraction of sp³-hybridized carbons (Fsp3) is 1.00. The summed E-state index contributed by atoms with van der Waals surface area (Å²) < 4.78 is 25.0. The topological polar surface area (TPSA) is 63.4 Å². The number of hydrogen-bond acceptors (Lipinski definition) is 5. The molecule has 1 heterocycles. The summed E-state index contributed by atoms with van der Waals surface area (Å²) in [6, 6.07) is 0. The smallest absolute Gasteiger partial charge is 0.166 e. The lowest BCUT2D eigenvalue weighted by atomic mass is 9.74. The van der Waals surface area contributed by atoms with Gasteiger partial charge in [-0.3, -0.25) is 4.90 Å². The highest BCUT2D eigenvalue weighted by atomic mass is 32.2. The molecule has 1 unspecified atom stereocenters. The first-order valence-corrected chi connectivity index (χ1v) is 11.1. The predicted molar refractivity (Wildman–Crippen MR) is 91.3 cm³/mol. The average Bonchev–Trinajstić information content (AvgIpc) is 2.55. The lowest BCUT2D eigenvalue weighted by Gasteiger charge is -2.51. The Morgan fingerprint density at radius 1 is 1.29 bits per heavy atom. The van der Waals surface area contributed by atoms with Gasteiger partial charge < -0.3 is 5.73 Å². The van der Waals surface area contributed by atoms with E-state index in [1.807, 2.05) is 0 Å². The highest BCUT2D eigenvalue weighted by molar-refractivity contribution is 8.01. The van der Waals surface area contributed by atoms with Crippen molar-refractivity contribution in [3.8, 4) is 0 Å². The summed E-state index contributed by atoms with van der Waals surface area (Å²) in [4.78, 5) is 2.27. The van der Waals surface area contributed by atoms with E-state index in [-0.39, 0.29) is 16.7 Å². The van der Waals surface area contributed by atoms with Crippen LogP contribution in [0.2, 0.25) is 0 Å². The standard InChI is InChI=1S/C15H30N2O2S2/c1-3-13-5-7-15(12-16,8-6-13)17-9-10-20-11-14(17)21(18,19)4-2/h13-14H,3-12,16H2,1-2H3. The molecule has 124 valence electrons. The Hall–Kier alpha value is 0.220. The monoisotopic (exact) mass is 334 g/mol. The Bertz CT molecular complexity index is 431. The fourth-order valence-corrected chi connectivity index (χ4v) is 6.94. The minimum Gasteiger partial charge on any atom is -0.329 e. The van der Waals surface area contributed by atoms with Crippen molar-refractivity contribution in [3.05, 3.63) is 0 Å². The van der Waals surface area contributed by atoms with Crippen molar-refractivity contribution in [2.75, 3.05) is 30.3 Å². The molecule has 0 aromatic carbocycles. The lowest BCUT2D eigenvalue weighted by Crippen LogP contribution is -2.63. The Morgan fingerprint density at radius 3 is 2.48 bits per heavy atom. The van der Waals surface area contributed by atoms with Crippen LogP contribution in [0.3, 0.4) is 0 Å². The van der Waals surface area contributed by atoms with E-state index in [1.165, 1.54) is 19.3 Å². The minimum absolute atomic E-state index is 0.0838. The largest absolute Gasteiger partial charge is 0.329 e. The third-order valence-corrected chi connectivity index (χ3v) is 8.79. The third kappa shape index (κ3) is 3.59. The number of sulfone groups is 1. The second-order valence-corrected chi connectivity index (χ2v) is 10.1. The van der Waals surface area contributed by atoms with E-state index in [0.29, 0.717) is 12.3 Å². The van der Waals surface area contributed by atoms with Crippen LogP contribution in [0.1, 0.15) is 46.0 Å². The second-order valence-electron chi connectivity index (χ2n) is 6.45. The highest BCUT2D eigenvalue weighted by Gasteiger charge is 2.46. The van der Waals surface area contributed by atoms with Crippen LogP contribution in [0.25, 0.3) is 0 Å². The van der Waals surface area contributed by atoms with Crippen LogP contribution in [-0.4, -0.2) is 54.6 Å². The van der Waals surface area contributed by atoms with Gasteiger partial charge in [0, 0.05) is 35.9 Å². The molecule has 2 N–H and O–H groups in total. The number of thioether (sulfide) groups is 1. The van der Waals surface area contributed by atoms with E-state index in [2.05, 4.69) is 11.8 Å². The Kier molecular flexibility index (Phi) is 6.02. The van der Waals surface area contributed by atoms with Gasteiger partial charge in [0.25, 0.3) is 0 Å². The Morgan fingerprint density at radius 2 is 1.95 bits per heavy atom. The van der Waals surface area contributed by atoms with Gasteiger partial charge in [-0.2, -0.15) is 11.8 Å². The maximum atomic E-state index is 12.5. The lowest BCUT2D eigenvalue weighted by molar-refractivity contribution is 0.0381. The SMILES string of the molecule is CCC1CCC(CN)(N2CCSCC2S(=O)(=O)CC)CC1. The van der Waals surface area contributed by atoms with Gasteiger partial charge in [-0.1, -0.05) is 20.3 Å². The maximum absolute atomic E-state index is 12.5. The maximum Gasteiger partial charge on any atom is 0.166 e. The summed E-state index contributed by atoms with van der Waals surface area (Å²) in [5.74, 6) is 2.75. The average molecular weight is 335 g/mol. The van der Waals surface area contributed by atoms with Crippen LogP contribution in [0.15, 0.2) is 0 Å². The van der Waals surface area contributed by atoms with Crippen molar-refractivity contribution in [2.24, 2.45) is 11.7 Å². The van der Waals surface area contributed by atoms with Crippen LogP contribution in [-0.2, 0) is 9.84 Å². The molecular formula is C15H30N2O2S2. The molecule has 1 aliphatic carbocycles. The first-order valence-electron chi connectivity index (χ1n) is 8.25. The van der Waals surface area contributed by atoms with Gasteiger partial charge in [-0.15, -0.1) is 0 Å². The van der Waals surface area contributed by atoms with Crippen molar-refractivity contribution in [2.45, 2.75) is 56.9 Å². The Labute approximate surface area is 134 Å². The molecule has 4 nitrogen and oxygen atoms in total. The first-order chi connectivity index (χ1) is 9.99. The molecule has 0 aromatic heterocycles. The van der Waals surface area contributed by atoms with Gasteiger partial charge in [-0.25, -0.2) is 8.42 Å². The molecule has 1 aliphatic heterocycles. The zero-order valence-electron chi connectivity index (χ0n) is 13.4. The van der Waals surface area contributed by atoms with Crippen LogP contribution in [0, 0.1) is 5.92 Å². The molecule has 0 bridgehead atoms. The van der Waals surface area contributed by atoms with E-state index < -0.39 is 9.84 Å². The van der Waals surface area contributed by atoms with E-state index in [1.54, 1.807) is 18.7 Å². The number of hydrogen-bond donors (Lipinski definition) is 1. The summed E-state index contributed by atoms with van der Waals surface area (Å²) >= 11 is 1.77. The summed E-state index contributed by atoms with van der Waals surface area (Å²) in [5.41, 5.74) is 6.08. The second kappa shape index (κ2) is 7.20. The third-order valence-electron chi connectivity index (χ3n) is 5.50. The van der Waals surface area contributed by atoms with Gasteiger partial charge in [0.1, 0.15) is 5.37 Å². The van der Waals surface area contributed by atoms with Gasteiger partial charge in [0.05, 0.1) is 0 Å². The zero-order chi connectivity index (χ0) is 15.5. The van der Waals surface area contributed by atoms with Gasteiger partial charge in [0.15, 0.2) is 9.84 Å². The van der Waals surface area contributed by atoms with Crippen LogP contribution < -0.4 is 5.73 Å². The molecule has 2 fully saturated rings. The van der Waals surface area contributed by atoms with E-state index in [0.717, 1.165) is 31.1 Å². The predicted octanol–water partition coefficient (Wildman–Crippen LogP) is 2.09. The number of nitrogens with zero attached hydrogens (tertiary/aromatic N) is 1. The molecule has 6 heteroatoms. The summed E-state index contributed by atoms with van der Waals surface area (Å²) in [5, 5.41) is -0.331. The quantitative estimate of drug-likeness (QED) is 0.834. The summed E-state index contributed by atoms with van der Waals surface area (Å²) in [7, 11) is -3.04. The van der Waals surface area contributed by atoms with Gasteiger partial charge in [0.2, 0.25) is 0 Å². The van der Waals surface area contributed by atoms with Gasteiger partial charge in [-0.05, 0) is 31.6 Å². The number of rotatable bonds is 5. The first kappa shape index (κ1) is 17.6.